The maximum Gasteiger partial charge on any atom is 0.0830 e. The van der Waals surface area contributed by atoms with Crippen LogP contribution in [0.4, 0.5) is 0 Å². The van der Waals surface area contributed by atoms with Crippen LogP contribution in [0.5, 0.6) is 0 Å². The zero-order valence-electron chi connectivity index (χ0n) is 11.1. The van der Waals surface area contributed by atoms with E-state index in [-0.39, 0.29) is 0 Å². The topological polar surface area (TPSA) is 27.7 Å². The van der Waals surface area contributed by atoms with Crippen LogP contribution in [0.25, 0.3) is 0 Å². The van der Waals surface area contributed by atoms with Gasteiger partial charge in [-0.05, 0) is 30.9 Å². The molecule has 3 nitrogen and oxygen atoms in total. The first-order valence-corrected chi connectivity index (χ1v) is 6.73. The first-order valence-electron chi connectivity index (χ1n) is 6.73. The monoisotopic (exact) mass is 250 g/mol. The summed E-state index contributed by atoms with van der Waals surface area (Å²) in [6, 6.07) is 8.53. The Morgan fingerprint density at radius 2 is 2.22 bits per heavy atom. The predicted molar refractivity (Wildman–Crippen MR) is 70.7 cm³/mol. The van der Waals surface area contributed by atoms with Gasteiger partial charge >= 0.3 is 0 Å². The van der Waals surface area contributed by atoms with Crippen molar-refractivity contribution < 1.29 is 14.2 Å². The summed E-state index contributed by atoms with van der Waals surface area (Å²) in [5, 5.41) is 0. The highest BCUT2D eigenvalue weighted by atomic mass is 16.5. The first-order chi connectivity index (χ1) is 8.88. The van der Waals surface area contributed by atoms with Crippen LogP contribution < -0.4 is 0 Å². The van der Waals surface area contributed by atoms with Crippen molar-refractivity contribution in [2.45, 2.75) is 32.5 Å². The highest BCUT2D eigenvalue weighted by molar-refractivity contribution is 5.23. The van der Waals surface area contributed by atoms with Gasteiger partial charge in [0.25, 0.3) is 0 Å². The largest absolute Gasteiger partial charge is 0.379 e. The van der Waals surface area contributed by atoms with Crippen molar-refractivity contribution in [1.82, 2.24) is 0 Å². The summed E-state index contributed by atoms with van der Waals surface area (Å²) < 4.78 is 16.5. The molecule has 1 aliphatic heterocycles. The number of hydrogen-bond acceptors (Lipinski definition) is 3. The molecule has 0 aliphatic carbocycles. The molecule has 1 aromatic rings. The second kappa shape index (κ2) is 7.52. The summed E-state index contributed by atoms with van der Waals surface area (Å²) in [7, 11) is 0. The Bertz CT molecular complexity index is 345. The number of rotatable bonds is 7. The molecule has 0 N–H and O–H groups in total. The Hall–Kier alpha value is -0.900. The van der Waals surface area contributed by atoms with Gasteiger partial charge in [0.1, 0.15) is 0 Å². The van der Waals surface area contributed by atoms with E-state index >= 15 is 0 Å². The first kappa shape index (κ1) is 13.5. The Balaban J connectivity index is 1.74. The lowest BCUT2D eigenvalue weighted by Gasteiger charge is -2.10. The summed E-state index contributed by atoms with van der Waals surface area (Å²) in [6.07, 6.45) is 2.29. The zero-order valence-corrected chi connectivity index (χ0v) is 11.1. The van der Waals surface area contributed by atoms with Crippen molar-refractivity contribution in [3.63, 3.8) is 0 Å². The maximum atomic E-state index is 5.77. The molecule has 1 heterocycles. The molecule has 1 aliphatic rings. The van der Waals surface area contributed by atoms with Gasteiger partial charge in [-0.3, -0.25) is 0 Å². The smallest absolute Gasteiger partial charge is 0.0830 e. The standard InChI is InChI=1S/C15H22O3/c1-2-16-11-14-5-3-4-13(10-14)6-9-18-15-7-8-17-12-15/h3-5,10,15H,2,6-9,11-12H2,1H3. The third-order valence-electron chi connectivity index (χ3n) is 3.10. The Labute approximate surface area is 109 Å². The molecule has 0 aromatic heterocycles. The van der Waals surface area contributed by atoms with E-state index in [2.05, 4.69) is 24.3 Å². The molecule has 18 heavy (non-hydrogen) atoms. The minimum atomic E-state index is 0.302. The molecule has 0 amide bonds. The third kappa shape index (κ3) is 4.41. The van der Waals surface area contributed by atoms with Gasteiger partial charge in [-0.1, -0.05) is 24.3 Å². The molecule has 1 aromatic carbocycles. The molecule has 2 rings (SSSR count). The van der Waals surface area contributed by atoms with Crippen molar-refractivity contribution in [3.05, 3.63) is 35.4 Å². The zero-order chi connectivity index (χ0) is 12.6. The summed E-state index contributed by atoms with van der Waals surface area (Å²) >= 11 is 0. The van der Waals surface area contributed by atoms with Gasteiger partial charge < -0.3 is 14.2 Å². The predicted octanol–water partition coefficient (Wildman–Crippen LogP) is 2.57. The van der Waals surface area contributed by atoms with Crippen LogP contribution in [0.15, 0.2) is 24.3 Å². The minimum absolute atomic E-state index is 0.302. The summed E-state index contributed by atoms with van der Waals surface area (Å²) in [4.78, 5) is 0. The van der Waals surface area contributed by atoms with Crippen LogP contribution >= 0.6 is 0 Å². The fourth-order valence-electron chi connectivity index (χ4n) is 2.08. The van der Waals surface area contributed by atoms with Gasteiger partial charge in [0.2, 0.25) is 0 Å². The maximum absolute atomic E-state index is 5.77. The van der Waals surface area contributed by atoms with E-state index < -0.39 is 0 Å². The van der Waals surface area contributed by atoms with Crippen LogP contribution in [0.2, 0.25) is 0 Å². The van der Waals surface area contributed by atoms with Gasteiger partial charge in [-0.15, -0.1) is 0 Å². The minimum Gasteiger partial charge on any atom is -0.379 e. The Kier molecular flexibility index (Phi) is 5.65. The van der Waals surface area contributed by atoms with Crippen LogP contribution in [-0.2, 0) is 27.2 Å². The van der Waals surface area contributed by atoms with E-state index in [1.165, 1.54) is 11.1 Å². The number of hydrogen-bond donors (Lipinski definition) is 0. The second-order valence-corrected chi connectivity index (χ2v) is 4.56. The molecular formula is C15H22O3. The molecule has 1 fully saturated rings. The normalized spacial score (nSPS) is 19.3. The molecular weight excluding hydrogens is 228 g/mol. The Morgan fingerprint density at radius 3 is 3.00 bits per heavy atom. The third-order valence-corrected chi connectivity index (χ3v) is 3.10. The van der Waals surface area contributed by atoms with Gasteiger partial charge in [-0.25, -0.2) is 0 Å². The fourth-order valence-corrected chi connectivity index (χ4v) is 2.08. The van der Waals surface area contributed by atoms with Crippen molar-refractivity contribution in [1.29, 1.82) is 0 Å². The van der Waals surface area contributed by atoms with E-state index in [9.17, 15) is 0 Å². The highest BCUT2D eigenvalue weighted by Crippen LogP contribution is 2.11. The van der Waals surface area contributed by atoms with Crippen LogP contribution in [-0.4, -0.2) is 32.5 Å². The van der Waals surface area contributed by atoms with Gasteiger partial charge in [0.15, 0.2) is 0 Å². The van der Waals surface area contributed by atoms with E-state index in [0.29, 0.717) is 12.7 Å². The lowest BCUT2D eigenvalue weighted by atomic mass is 10.1. The van der Waals surface area contributed by atoms with E-state index in [4.69, 9.17) is 14.2 Å². The number of benzene rings is 1. The van der Waals surface area contributed by atoms with Crippen molar-refractivity contribution in [2.24, 2.45) is 0 Å². The van der Waals surface area contributed by atoms with Gasteiger partial charge in [-0.2, -0.15) is 0 Å². The fraction of sp³-hybridized carbons (Fsp3) is 0.600. The van der Waals surface area contributed by atoms with Gasteiger partial charge in [0, 0.05) is 13.2 Å². The molecule has 1 unspecified atom stereocenters. The molecule has 0 spiro atoms. The molecule has 100 valence electrons. The van der Waals surface area contributed by atoms with E-state index in [1.807, 2.05) is 6.92 Å². The SMILES string of the molecule is CCOCc1cccc(CCOC2CCOC2)c1. The van der Waals surface area contributed by atoms with Crippen LogP contribution in [0.1, 0.15) is 24.5 Å². The summed E-state index contributed by atoms with van der Waals surface area (Å²) in [5.74, 6) is 0. The average Bonchev–Trinajstić information content (AvgIpc) is 2.90. The quantitative estimate of drug-likeness (QED) is 0.744. The Morgan fingerprint density at radius 1 is 1.33 bits per heavy atom. The van der Waals surface area contributed by atoms with Crippen molar-refractivity contribution in [2.75, 3.05) is 26.4 Å². The van der Waals surface area contributed by atoms with Crippen LogP contribution in [0, 0.1) is 0 Å². The lowest BCUT2D eigenvalue weighted by Crippen LogP contribution is -2.14. The van der Waals surface area contributed by atoms with Crippen molar-refractivity contribution in [3.8, 4) is 0 Å². The molecule has 1 saturated heterocycles. The molecule has 3 heteroatoms. The second-order valence-electron chi connectivity index (χ2n) is 4.56. The van der Waals surface area contributed by atoms with Crippen molar-refractivity contribution >= 4 is 0 Å². The van der Waals surface area contributed by atoms with E-state index in [0.717, 1.165) is 39.3 Å². The van der Waals surface area contributed by atoms with Gasteiger partial charge in [0.05, 0.1) is 25.9 Å². The van der Waals surface area contributed by atoms with Crippen LogP contribution in [0.3, 0.4) is 0 Å². The highest BCUT2D eigenvalue weighted by Gasteiger charge is 2.15. The summed E-state index contributed by atoms with van der Waals surface area (Å²) in [6.45, 7) is 5.84. The lowest BCUT2D eigenvalue weighted by molar-refractivity contribution is 0.0446. The van der Waals surface area contributed by atoms with E-state index in [1.54, 1.807) is 0 Å². The average molecular weight is 250 g/mol. The molecule has 0 bridgehead atoms. The summed E-state index contributed by atoms with van der Waals surface area (Å²) in [5.41, 5.74) is 2.55. The number of ether oxygens (including phenoxy) is 3. The molecule has 0 saturated carbocycles. The molecule has 1 atom stereocenters. The molecule has 0 radical (unpaired) electrons.